The Bertz CT molecular complexity index is 286. The van der Waals surface area contributed by atoms with Crippen molar-refractivity contribution in [2.45, 2.75) is 25.8 Å². The molecule has 0 aromatic heterocycles. The van der Waals surface area contributed by atoms with Gasteiger partial charge in [0.2, 0.25) is 5.91 Å². The van der Waals surface area contributed by atoms with Crippen molar-refractivity contribution in [2.75, 3.05) is 39.8 Å². The van der Waals surface area contributed by atoms with E-state index in [1.54, 1.807) is 6.92 Å². The molecule has 104 valence electrons. The highest BCUT2D eigenvalue weighted by atomic mass is 16.5. The van der Waals surface area contributed by atoms with Gasteiger partial charge in [0.25, 0.3) is 0 Å². The minimum atomic E-state index is -0.420. The Kier molecular flexibility index (Phi) is 6.07. The highest BCUT2D eigenvalue weighted by molar-refractivity contribution is 5.81. The summed E-state index contributed by atoms with van der Waals surface area (Å²) >= 11 is 0. The van der Waals surface area contributed by atoms with Crippen molar-refractivity contribution in [3.05, 3.63) is 0 Å². The number of nitrogens with zero attached hydrogens (tertiary/aromatic N) is 2. The van der Waals surface area contributed by atoms with Gasteiger partial charge < -0.3 is 15.4 Å². The first-order valence-corrected chi connectivity index (χ1v) is 6.38. The molecule has 1 saturated heterocycles. The van der Waals surface area contributed by atoms with Crippen LogP contribution in [0.2, 0.25) is 0 Å². The van der Waals surface area contributed by atoms with Crippen molar-refractivity contribution >= 4 is 11.9 Å². The fourth-order valence-electron chi connectivity index (χ4n) is 2.03. The van der Waals surface area contributed by atoms with Gasteiger partial charge in [-0.25, -0.2) is 0 Å². The lowest BCUT2D eigenvalue weighted by Gasteiger charge is -2.35. The first kappa shape index (κ1) is 14.9. The minimum absolute atomic E-state index is 0.0178. The van der Waals surface area contributed by atoms with Gasteiger partial charge in [-0.15, -0.1) is 0 Å². The molecule has 2 N–H and O–H groups in total. The van der Waals surface area contributed by atoms with E-state index >= 15 is 0 Å². The zero-order valence-electron chi connectivity index (χ0n) is 11.2. The average molecular weight is 257 g/mol. The second-order valence-corrected chi connectivity index (χ2v) is 4.64. The lowest BCUT2D eigenvalue weighted by molar-refractivity contribution is -0.140. The summed E-state index contributed by atoms with van der Waals surface area (Å²) in [7, 11) is 1.40. The topological polar surface area (TPSA) is 75.9 Å². The van der Waals surface area contributed by atoms with Crippen LogP contribution in [0, 0.1) is 0 Å². The van der Waals surface area contributed by atoms with E-state index in [-0.39, 0.29) is 11.9 Å². The van der Waals surface area contributed by atoms with Crippen LogP contribution in [0.25, 0.3) is 0 Å². The zero-order chi connectivity index (χ0) is 13.5. The molecule has 1 amide bonds. The van der Waals surface area contributed by atoms with E-state index in [4.69, 9.17) is 5.73 Å². The van der Waals surface area contributed by atoms with E-state index < -0.39 is 6.04 Å². The van der Waals surface area contributed by atoms with Gasteiger partial charge in [-0.05, 0) is 19.9 Å². The van der Waals surface area contributed by atoms with Crippen LogP contribution in [0.15, 0.2) is 0 Å². The molecule has 1 atom stereocenters. The van der Waals surface area contributed by atoms with Crippen LogP contribution in [0.3, 0.4) is 0 Å². The van der Waals surface area contributed by atoms with Crippen LogP contribution in [-0.4, -0.2) is 67.6 Å². The smallest absolute Gasteiger partial charge is 0.305 e. The summed E-state index contributed by atoms with van der Waals surface area (Å²) in [5.41, 5.74) is 5.57. The molecule has 18 heavy (non-hydrogen) atoms. The van der Waals surface area contributed by atoms with E-state index in [1.165, 1.54) is 7.11 Å². The van der Waals surface area contributed by atoms with Gasteiger partial charge in [0.15, 0.2) is 0 Å². The number of esters is 1. The molecule has 1 aliphatic heterocycles. The third-order valence-corrected chi connectivity index (χ3v) is 3.16. The maximum atomic E-state index is 11.7. The van der Waals surface area contributed by atoms with E-state index in [0.717, 1.165) is 39.1 Å². The Morgan fingerprint density at radius 3 is 2.39 bits per heavy atom. The molecule has 1 heterocycles. The second kappa shape index (κ2) is 7.33. The molecular weight excluding hydrogens is 234 g/mol. The van der Waals surface area contributed by atoms with E-state index in [9.17, 15) is 9.59 Å². The number of hydrogen-bond donors (Lipinski definition) is 1. The number of piperazine rings is 1. The van der Waals surface area contributed by atoms with Crippen molar-refractivity contribution in [1.29, 1.82) is 0 Å². The molecule has 6 nitrogen and oxygen atoms in total. The van der Waals surface area contributed by atoms with Gasteiger partial charge in [0.1, 0.15) is 0 Å². The molecule has 0 aliphatic carbocycles. The van der Waals surface area contributed by atoms with Crippen LogP contribution in [0.4, 0.5) is 0 Å². The molecule has 1 fully saturated rings. The van der Waals surface area contributed by atoms with E-state index in [2.05, 4.69) is 9.64 Å². The summed E-state index contributed by atoms with van der Waals surface area (Å²) in [6, 6.07) is -0.420. The van der Waals surface area contributed by atoms with Gasteiger partial charge in [-0.1, -0.05) is 0 Å². The van der Waals surface area contributed by atoms with Gasteiger partial charge in [0.05, 0.1) is 13.2 Å². The summed E-state index contributed by atoms with van der Waals surface area (Å²) in [4.78, 5) is 26.7. The fraction of sp³-hybridized carbons (Fsp3) is 0.833. The number of amides is 1. The van der Waals surface area contributed by atoms with Crippen molar-refractivity contribution in [1.82, 2.24) is 9.80 Å². The maximum absolute atomic E-state index is 11.7. The Morgan fingerprint density at radius 2 is 1.89 bits per heavy atom. The number of nitrogens with two attached hydrogens (primary N) is 1. The summed E-state index contributed by atoms with van der Waals surface area (Å²) in [6.07, 6.45) is 1.25. The largest absolute Gasteiger partial charge is 0.469 e. The predicted molar refractivity (Wildman–Crippen MR) is 67.9 cm³/mol. The molecule has 0 aromatic rings. The Hall–Kier alpha value is -1.14. The Balaban J connectivity index is 2.19. The van der Waals surface area contributed by atoms with Gasteiger partial charge in [0, 0.05) is 32.6 Å². The Morgan fingerprint density at radius 1 is 1.28 bits per heavy atom. The van der Waals surface area contributed by atoms with Crippen molar-refractivity contribution < 1.29 is 14.3 Å². The predicted octanol–water partition coefficient (Wildman–Crippen LogP) is -0.569. The lowest BCUT2D eigenvalue weighted by Crippen LogP contribution is -2.52. The maximum Gasteiger partial charge on any atom is 0.305 e. The molecule has 0 unspecified atom stereocenters. The molecule has 0 radical (unpaired) electrons. The van der Waals surface area contributed by atoms with Crippen molar-refractivity contribution in [3.63, 3.8) is 0 Å². The third kappa shape index (κ3) is 4.62. The molecule has 0 saturated carbocycles. The molecule has 0 aromatic carbocycles. The quantitative estimate of drug-likeness (QED) is 0.668. The van der Waals surface area contributed by atoms with E-state index in [0.29, 0.717) is 6.42 Å². The summed E-state index contributed by atoms with van der Waals surface area (Å²) in [5.74, 6) is -0.148. The summed E-state index contributed by atoms with van der Waals surface area (Å²) in [6.45, 7) is 5.72. The highest BCUT2D eigenvalue weighted by Crippen LogP contribution is 2.05. The van der Waals surface area contributed by atoms with Crippen LogP contribution in [0.1, 0.15) is 19.8 Å². The zero-order valence-corrected chi connectivity index (χ0v) is 11.2. The van der Waals surface area contributed by atoms with Gasteiger partial charge in [-0.2, -0.15) is 0 Å². The first-order chi connectivity index (χ1) is 8.54. The molecular formula is C12H23N3O3. The average Bonchev–Trinajstić information content (AvgIpc) is 2.38. The van der Waals surface area contributed by atoms with Gasteiger partial charge in [-0.3, -0.25) is 14.5 Å². The minimum Gasteiger partial charge on any atom is -0.469 e. The molecule has 0 spiro atoms. The number of carbonyl (C=O) groups excluding carboxylic acids is 2. The van der Waals surface area contributed by atoms with Crippen molar-refractivity contribution in [3.8, 4) is 0 Å². The number of ether oxygens (including phenoxy) is 1. The molecule has 1 aliphatic rings. The first-order valence-electron chi connectivity index (χ1n) is 6.38. The Labute approximate surface area is 108 Å². The lowest BCUT2D eigenvalue weighted by atomic mass is 10.2. The SMILES string of the molecule is COC(=O)CCCN1CCN(C(=O)[C@H](C)N)CC1. The molecule has 1 rings (SSSR count). The fourth-order valence-corrected chi connectivity index (χ4v) is 2.03. The van der Waals surface area contributed by atoms with Crippen LogP contribution < -0.4 is 5.73 Å². The standard InChI is InChI=1S/C12H23N3O3/c1-10(13)12(17)15-8-6-14(7-9-15)5-3-4-11(16)18-2/h10H,3-9,13H2,1-2H3/t10-/m0/s1. The van der Waals surface area contributed by atoms with Crippen LogP contribution in [0.5, 0.6) is 0 Å². The number of carbonyl (C=O) groups is 2. The van der Waals surface area contributed by atoms with Crippen molar-refractivity contribution in [2.24, 2.45) is 5.73 Å². The van der Waals surface area contributed by atoms with Gasteiger partial charge >= 0.3 is 5.97 Å². The monoisotopic (exact) mass is 257 g/mol. The normalized spacial score (nSPS) is 18.5. The molecule has 0 bridgehead atoms. The highest BCUT2D eigenvalue weighted by Gasteiger charge is 2.22. The summed E-state index contributed by atoms with van der Waals surface area (Å²) < 4.78 is 4.59. The second-order valence-electron chi connectivity index (χ2n) is 4.64. The summed E-state index contributed by atoms with van der Waals surface area (Å²) in [5, 5.41) is 0. The number of methoxy groups -OCH3 is 1. The third-order valence-electron chi connectivity index (χ3n) is 3.16. The number of hydrogen-bond acceptors (Lipinski definition) is 5. The number of rotatable bonds is 5. The van der Waals surface area contributed by atoms with E-state index in [1.807, 2.05) is 4.90 Å². The molecule has 6 heteroatoms. The van der Waals surface area contributed by atoms with Crippen LogP contribution in [-0.2, 0) is 14.3 Å². The van der Waals surface area contributed by atoms with Crippen LogP contribution >= 0.6 is 0 Å².